The van der Waals surface area contributed by atoms with Crippen molar-refractivity contribution in [3.8, 4) is 5.75 Å². The monoisotopic (exact) mass is 237 g/mol. The fourth-order valence-corrected chi connectivity index (χ4v) is 1.46. The van der Waals surface area contributed by atoms with Crippen molar-refractivity contribution < 1.29 is 19.8 Å². The van der Waals surface area contributed by atoms with Gasteiger partial charge in [-0.3, -0.25) is 4.79 Å². The number of carbonyl (C=O) groups excluding carboxylic acids is 1. The normalized spacial score (nSPS) is 11.9. The van der Waals surface area contributed by atoms with Gasteiger partial charge in [0.2, 0.25) is 5.91 Å². The van der Waals surface area contributed by atoms with Crippen molar-refractivity contribution in [2.75, 3.05) is 7.05 Å². The fraction of sp³-hybridized carbons (Fsp3) is 0.333. The van der Waals surface area contributed by atoms with Crippen molar-refractivity contribution in [1.82, 2.24) is 4.90 Å². The highest BCUT2D eigenvalue weighted by molar-refractivity contribution is 5.82. The van der Waals surface area contributed by atoms with Crippen LogP contribution < -0.4 is 0 Å². The molecular formula is C12H15NO4. The van der Waals surface area contributed by atoms with Crippen LogP contribution in [0.1, 0.15) is 12.5 Å². The van der Waals surface area contributed by atoms with Crippen molar-refractivity contribution in [3.05, 3.63) is 29.8 Å². The first-order valence-electron chi connectivity index (χ1n) is 5.16. The van der Waals surface area contributed by atoms with Crippen LogP contribution in [0.4, 0.5) is 0 Å². The molecule has 0 spiro atoms. The Morgan fingerprint density at radius 3 is 2.24 bits per heavy atom. The zero-order valence-electron chi connectivity index (χ0n) is 9.75. The van der Waals surface area contributed by atoms with E-state index in [9.17, 15) is 9.59 Å². The van der Waals surface area contributed by atoms with Gasteiger partial charge in [0.15, 0.2) is 0 Å². The molecule has 1 atom stereocenters. The first-order chi connectivity index (χ1) is 7.91. The van der Waals surface area contributed by atoms with Crippen LogP contribution in [-0.2, 0) is 16.0 Å². The van der Waals surface area contributed by atoms with E-state index < -0.39 is 12.0 Å². The molecule has 1 aromatic carbocycles. The van der Waals surface area contributed by atoms with Gasteiger partial charge in [0.25, 0.3) is 0 Å². The SMILES string of the molecule is CC(=O)N(C)[C@H](Cc1ccc(O)cc1)C(=O)O. The Balaban J connectivity index is 2.84. The molecule has 17 heavy (non-hydrogen) atoms. The average Bonchev–Trinajstić information content (AvgIpc) is 2.26. The third-order valence-corrected chi connectivity index (χ3v) is 2.61. The molecule has 5 nitrogen and oxygen atoms in total. The number of phenols is 1. The molecule has 2 N–H and O–H groups in total. The molecule has 0 saturated carbocycles. The summed E-state index contributed by atoms with van der Waals surface area (Å²) in [6.45, 7) is 1.33. The van der Waals surface area contributed by atoms with Crippen LogP contribution in [0.15, 0.2) is 24.3 Å². The lowest BCUT2D eigenvalue weighted by Gasteiger charge is -2.23. The van der Waals surface area contributed by atoms with Gasteiger partial charge in [0, 0.05) is 20.4 Å². The zero-order chi connectivity index (χ0) is 13.0. The Morgan fingerprint density at radius 1 is 1.29 bits per heavy atom. The maximum atomic E-state index is 11.2. The van der Waals surface area contributed by atoms with E-state index in [-0.39, 0.29) is 18.1 Å². The van der Waals surface area contributed by atoms with Gasteiger partial charge < -0.3 is 15.1 Å². The van der Waals surface area contributed by atoms with E-state index in [1.807, 2.05) is 0 Å². The highest BCUT2D eigenvalue weighted by Crippen LogP contribution is 2.13. The number of phenolic OH excluding ortho intramolecular Hbond substituents is 1. The number of nitrogens with zero attached hydrogens (tertiary/aromatic N) is 1. The number of carbonyl (C=O) groups is 2. The van der Waals surface area contributed by atoms with Gasteiger partial charge in [-0.25, -0.2) is 4.79 Å². The maximum absolute atomic E-state index is 11.2. The van der Waals surface area contributed by atoms with E-state index in [2.05, 4.69) is 0 Å². The molecule has 5 heteroatoms. The highest BCUT2D eigenvalue weighted by atomic mass is 16.4. The Hall–Kier alpha value is -2.04. The molecule has 0 bridgehead atoms. The summed E-state index contributed by atoms with van der Waals surface area (Å²) in [4.78, 5) is 23.4. The second kappa shape index (κ2) is 5.34. The molecule has 0 aliphatic rings. The Bertz CT molecular complexity index is 413. The molecule has 0 heterocycles. The summed E-state index contributed by atoms with van der Waals surface area (Å²) >= 11 is 0. The molecule has 0 aliphatic carbocycles. The van der Waals surface area contributed by atoms with Crippen LogP contribution in [0.3, 0.4) is 0 Å². The van der Waals surface area contributed by atoms with Crippen LogP contribution in [0.25, 0.3) is 0 Å². The van der Waals surface area contributed by atoms with Gasteiger partial charge in [-0.2, -0.15) is 0 Å². The minimum absolute atomic E-state index is 0.126. The second-order valence-corrected chi connectivity index (χ2v) is 3.85. The topological polar surface area (TPSA) is 77.8 Å². The maximum Gasteiger partial charge on any atom is 0.326 e. The minimum atomic E-state index is -1.05. The smallest absolute Gasteiger partial charge is 0.326 e. The third kappa shape index (κ3) is 3.48. The first kappa shape index (κ1) is 13.0. The van der Waals surface area contributed by atoms with Crippen LogP contribution in [0.5, 0.6) is 5.75 Å². The minimum Gasteiger partial charge on any atom is -0.508 e. The molecule has 0 fully saturated rings. The number of aliphatic carboxylic acids is 1. The molecular weight excluding hydrogens is 222 g/mol. The predicted molar refractivity (Wildman–Crippen MR) is 61.7 cm³/mol. The summed E-state index contributed by atoms with van der Waals surface area (Å²) in [5.74, 6) is -1.22. The molecule has 0 aliphatic heterocycles. The number of hydrogen-bond acceptors (Lipinski definition) is 3. The van der Waals surface area contributed by atoms with Crippen molar-refractivity contribution >= 4 is 11.9 Å². The Labute approximate surface area is 99.3 Å². The van der Waals surface area contributed by atoms with Gasteiger partial charge in [-0.1, -0.05) is 12.1 Å². The van der Waals surface area contributed by atoms with Crippen molar-refractivity contribution in [3.63, 3.8) is 0 Å². The van der Waals surface area contributed by atoms with E-state index in [1.165, 1.54) is 31.0 Å². The summed E-state index contributed by atoms with van der Waals surface area (Å²) < 4.78 is 0. The molecule has 0 radical (unpaired) electrons. The average molecular weight is 237 g/mol. The van der Waals surface area contributed by atoms with Crippen LogP contribution >= 0.6 is 0 Å². The number of hydrogen-bond donors (Lipinski definition) is 2. The van der Waals surface area contributed by atoms with Crippen LogP contribution in [0, 0.1) is 0 Å². The summed E-state index contributed by atoms with van der Waals surface area (Å²) in [6.07, 6.45) is 0.214. The fourth-order valence-electron chi connectivity index (χ4n) is 1.46. The number of rotatable bonds is 4. The number of carboxylic acid groups (broad SMARTS) is 1. The van der Waals surface area contributed by atoms with Crippen LogP contribution in [0.2, 0.25) is 0 Å². The lowest BCUT2D eigenvalue weighted by atomic mass is 10.0. The number of benzene rings is 1. The van der Waals surface area contributed by atoms with E-state index in [4.69, 9.17) is 10.2 Å². The summed E-state index contributed by atoms with van der Waals surface area (Å²) in [7, 11) is 1.46. The number of aromatic hydroxyl groups is 1. The number of likely N-dealkylation sites (N-methyl/N-ethyl adjacent to an activating group) is 1. The third-order valence-electron chi connectivity index (χ3n) is 2.61. The molecule has 1 amide bonds. The molecule has 0 unspecified atom stereocenters. The van der Waals surface area contributed by atoms with E-state index in [1.54, 1.807) is 12.1 Å². The highest BCUT2D eigenvalue weighted by Gasteiger charge is 2.24. The predicted octanol–water partition coefficient (Wildman–Crippen LogP) is 0.866. The largest absolute Gasteiger partial charge is 0.508 e. The van der Waals surface area contributed by atoms with Gasteiger partial charge in [0.05, 0.1) is 0 Å². The van der Waals surface area contributed by atoms with Crippen molar-refractivity contribution in [2.24, 2.45) is 0 Å². The molecule has 0 aromatic heterocycles. The number of carboxylic acids is 1. The summed E-state index contributed by atoms with van der Waals surface area (Å²) in [6, 6.07) is 5.36. The van der Waals surface area contributed by atoms with E-state index >= 15 is 0 Å². The van der Waals surface area contributed by atoms with Gasteiger partial charge in [-0.15, -0.1) is 0 Å². The zero-order valence-corrected chi connectivity index (χ0v) is 9.75. The Kier molecular flexibility index (Phi) is 4.09. The lowest BCUT2D eigenvalue weighted by molar-refractivity contribution is -0.148. The quantitative estimate of drug-likeness (QED) is 0.814. The number of amides is 1. The van der Waals surface area contributed by atoms with Gasteiger partial charge in [-0.05, 0) is 17.7 Å². The standard InChI is InChI=1S/C12H15NO4/c1-8(14)13(2)11(12(16)17)7-9-3-5-10(15)6-4-9/h3-6,11,15H,7H2,1-2H3,(H,16,17)/t11-/m1/s1. The second-order valence-electron chi connectivity index (χ2n) is 3.85. The molecule has 92 valence electrons. The molecule has 0 saturated heterocycles. The van der Waals surface area contributed by atoms with E-state index in [0.29, 0.717) is 0 Å². The van der Waals surface area contributed by atoms with Crippen molar-refractivity contribution in [2.45, 2.75) is 19.4 Å². The molecule has 1 aromatic rings. The lowest BCUT2D eigenvalue weighted by Crippen LogP contribution is -2.42. The molecule has 1 rings (SSSR count). The summed E-state index contributed by atoms with van der Waals surface area (Å²) in [5.41, 5.74) is 0.753. The van der Waals surface area contributed by atoms with Crippen molar-refractivity contribution in [1.29, 1.82) is 0 Å². The van der Waals surface area contributed by atoms with Gasteiger partial charge in [0.1, 0.15) is 11.8 Å². The van der Waals surface area contributed by atoms with Gasteiger partial charge >= 0.3 is 5.97 Å². The van der Waals surface area contributed by atoms with Crippen LogP contribution in [-0.4, -0.2) is 40.1 Å². The first-order valence-corrected chi connectivity index (χ1v) is 5.16. The Morgan fingerprint density at radius 2 is 1.82 bits per heavy atom. The summed E-state index contributed by atoms with van der Waals surface area (Å²) in [5, 5.41) is 18.2. The van der Waals surface area contributed by atoms with E-state index in [0.717, 1.165) is 5.56 Å².